The lowest BCUT2D eigenvalue weighted by atomic mass is 10.1. The van der Waals surface area contributed by atoms with Gasteiger partial charge in [0.05, 0.1) is 44.6 Å². The number of fused-ring (bicyclic) bond motifs is 2. The topological polar surface area (TPSA) is 177 Å². The van der Waals surface area contributed by atoms with Gasteiger partial charge in [0.15, 0.2) is 38.4 Å². The van der Waals surface area contributed by atoms with Crippen molar-refractivity contribution < 1.29 is 18.9 Å². The Kier molecular flexibility index (Phi) is 14.3. The highest BCUT2D eigenvalue weighted by Gasteiger charge is 2.19. The molecule has 0 saturated carbocycles. The number of imidazole rings is 2. The van der Waals surface area contributed by atoms with Gasteiger partial charge < -0.3 is 38.8 Å². The second-order valence-corrected chi connectivity index (χ2v) is 17.5. The number of aromatic nitrogens is 8. The largest absolute Gasteiger partial charge is 0.497 e. The number of H-pyrrole nitrogens is 1. The minimum atomic E-state index is 0.174. The molecule has 0 atom stereocenters. The summed E-state index contributed by atoms with van der Waals surface area (Å²) in [6.07, 6.45) is 4.85. The van der Waals surface area contributed by atoms with Crippen molar-refractivity contribution >= 4 is 96.9 Å². The summed E-state index contributed by atoms with van der Waals surface area (Å²) in [5.41, 5.74) is 11.4. The van der Waals surface area contributed by atoms with E-state index >= 15 is 0 Å². The highest BCUT2D eigenvalue weighted by molar-refractivity contribution is 14.1. The molecule has 0 fully saturated rings. The van der Waals surface area contributed by atoms with Crippen LogP contribution in [0.4, 0.5) is 5.82 Å². The first kappa shape index (κ1) is 43.0. The molecule has 4 N–H and O–H groups in total. The fourth-order valence-electron chi connectivity index (χ4n) is 6.19. The van der Waals surface area contributed by atoms with Crippen molar-refractivity contribution in [2.45, 2.75) is 46.0 Å². The predicted molar refractivity (Wildman–Crippen MR) is 251 cm³/mol. The number of nitrogen functional groups attached to an aromatic ring is 1. The molecule has 0 bridgehead atoms. The predicted octanol–water partition coefficient (Wildman–Crippen LogP) is 8.68. The Morgan fingerprint density at radius 1 is 0.700 bits per heavy atom. The van der Waals surface area contributed by atoms with Crippen molar-refractivity contribution in [1.82, 2.24) is 39.0 Å². The van der Waals surface area contributed by atoms with Crippen LogP contribution in [0.15, 0.2) is 118 Å². The van der Waals surface area contributed by atoms with Crippen molar-refractivity contribution in [2.24, 2.45) is 0 Å². The van der Waals surface area contributed by atoms with Crippen molar-refractivity contribution in [1.29, 1.82) is 5.41 Å². The maximum absolute atomic E-state index is 8.17. The van der Waals surface area contributed by atoms with Crippen LogP contribution < -0.4 is 30.2 Å². The first-order chi connectivity index (χ1) is 29.2. The Morgan fingerprint density at radius 3 is 1.92 bits per heavy atom. The van der Waals surface area contributed by atoms with Gasteiger partial charge in [0.1, 0.15) is 34.8 Å². The minimum absolute atomic E-state index is 0.174. The number of aryl methyl sites for hydroxylation is 4. The Hall–Kier alpha value is -5.06. The number of nitrogens with zero attached hydrogens (tertiary/aromatic N) is 7. The number of hydrogen-bond donors (Lipinski definition) is 3. The maximum atomic E-state index is 8.17. The van der Waals surface area contributed by atoms with Crippen molar-refractivity contribution in [2.75, 3.05) is 34.2 Å². The lowest BCUT2D eigenvalue weighted by Gasteiger charge is -2.12. The van der Waals surface area contributed by atoms with Gasteiger partial charge in [-0.25, -0.2) is 24.9 Å². The second-order valence-electron chi connectivity index (χ2n) is 13.0. The summed E-state index contributed by atoms with van der Waals surface area (Å²) in [5, 5.41) is 9.61. The van der Waals surface area contributed by atoms with Crippen LogP contribution >= 0.6 is 68.7 Å². The highest BCUT2D eigenvalue weighted by atomic mass is 127. The third-order valence-electron chi connectivity index (χ3n) is 9.22. The van der Waals surface area contributed by atoms with Crippen molar-refractivity contribution in [3.8, 4) is 23.0 Å². The van der Waals surface area contributed by atoms with Gasteiger partial charge in [0.25, 0.3) is 0 Å². The molecule has 8 rings (SSSR count). The molecule has 308 valence electrons. The van der Waals surface area contributed by atoms with E-state index in [0.29, 0.717) is 34.2 Å². The standard InChI is InChI=1S/2C21H20IN5O2S/c1-28-15-6-7-16(29-2)17(11-15)30-21-25-18-19(23)24-12-27(20(18)26-21)9-8-13-4-3-5-14(22)10-13;1-28-15-6-7-16(29-2)17(11-15)30-21-26-18-19(23)24-12-25-20(18)27(21)9-8-13-4-3-5-14(22)10-13/h3-7,10-12,23H,8-9H2,1-2H3,(H,25,26);3-7,10-12H,8-9H2,1-2H3,(H2,23,24,25). The van der Waals surface area contributed by atoms with Gasteiger partial charge >= 0.3 is 0 Å². The molecule has 8 aromatic rings. The van der Waals surface area contributed by atoms with Crippen LogP contribution in [0.25, 0.3) is 22.3 Å². The Morgan fingerprint density at radius 2 is 1.32 bits per heavy atom. The van der Waals surface area contributed by atoms with Crippen LogP contribution in [0.2, 0.25) is 0 Å². The quantitative estimate of drug-likeness (QED) is 0.0885. The Bertz CT molecular complexity index is 2830. The molecule has 0 unspecified atom stereocenters. The average Bonchev–Trinajstić information content (AvgIpc) is 3.85. The Labute approximate surface area is 381 Å². The van der Waals surface area contributed by atoms with E-state index in [2.05, 4.69) is 118 Å². The van der Waals surface area contributed by atoms with Gasteiger partial charge in [-0.1, -0.05) is 24.3 Å². The number of ether oxygens (including phenoxy) is 4. The summed E-state index contributed by atoms with van der Waals surface area (Å²) >= 11 is 7.57. The molecule has 0 amide bonds. The fourth-order valence-corrected chi connectivity index (χ4v) is 9.38. The molecule has 0 aliphatic rings. The molecule has 60 heavy (non-hydrogen) atoms. The van der Waals surface area contributed by atoms with Gasteiger partial charge in [0.2, 0.25) is 0 Å². The Balaban J connectivity index is 0.000000181. The van der Waals surface area contributed by atoms with Gasteiger partial charge in [-0.2, -0.15) is 0 Å². The van der Waals surface area contributed by atoms with Gasteiger partial charge in [-0.15, -0.1) is 0 Å². The van der Waals surface area contributed by atoms with Gasteiger partial charge in [-0.05, 0) is 153 Å². The maximum Gasteiger partial charge on any atom is 0.175 e. The van der Waals surface area contributed by atoms with E-state index in [0.717, 1.165) is 63.0 Å². The SMILES string of the molecule is COc1ccc(OC)c(Sc2nc3c(N)ncnc3n2CCc2cccc(I)c2)c1.COc1ccc(OC)c(Sc2nc3c([nH]2)c(=N)ncn3CCc2cccc(I)c2)c1. The molecule has 0 spiro atoms. The minimum Gasteiger partial charge on any atom is -0.497 e. The summed E-state index contributed by atoms with van der Waals surface area (Å²) in [5.74, 6) is 3.34. The number of nitrogens with two attached hydrogens (primary N) is 1. The molecule has 0 aliphatic carbocycles. The van der Waals surface area contributed by atoms with Crippen molar-refractivity contribution in [3.05, 3.63) is 121 Å². The molecule has 4 aromatic carbocycles. The van der Waals surface area contributed by atoms with Crippen LogP contribution in [-0.2, 0) is 25.9 Å². The van der Waals surface area contributed by atoms with E-state index in [1.807, 2.05) is 41.0 Å². The molecule has 0 saturated heterocycles. The first-order valence-corrected chi connectivity index (χ1v) is 22.2. The third-order valence-corrected chi connectivity index (χ3v) is 12.5. The normalized spacial score (nSPS) is 11.0. The molecule has 0 radical (unpaired) electrons. The van der Waals surface area contributed by atoms with Crippen LogP contribution in [0.5, 0.6) is 23.0 Å². The van der Waals surface area contributed by atoms with Gasteiger partial charge in [0, 0.05) is 20.2 Å². The zero-order chi connectivity index (χ0) is 42.2. The van der Waals surface area contributed by atoms with E-state index in [1.165, 1.54) is 48.1 Å². The van der Waals surface area contributed by atoms with Crippen LogP contribution in [0, 0.1) is 12.5 Å². The number of hydrogen-bond acceptors (Lipinski definition) is 13. The molecule has 18 heteroatoms. The number of rotatable bonds is 14. The number of benzene rings is 4. The number of halogens is 2. The first-order valence-electron chi connectivity index (χ1n) is 18.4. The molecular weight excluding hydrogens is 1030 g/mol. The average molecular weight is 1070 g/mol. The van der Waals surface area contributed by atoms with Crippen LogP contribution in [0.1, 0.15) is 11.1 Å². The zero-order valence-electron chi connectivity index (χ0n) is 33.0. The molecule has 4 aromatic heterocycles. The van der Waals surface area contributed by atoms with E-state index in [9.17, 15) is 0 Å². The number of nitrogens with one attached hydrogen (secondary N) is 2. The molecule has 4 heterocycles. The van der Waals surface area contributed by atoms with Crippen LogP contribution in [-0.4, -0.2) is 67.5 Å². The number of anilines is 1. The van der Waals surface area contributed by atoms with E-state index in [-0.39, 0.29) is 5.49 Å². The third kappa shape index (κ3) is 10.3. The summed E-state index contributed by atoms with van der Waals surface area (Å²) in [6, 6.07) is 28.2. The highest BCUT2D eigenvalue weighted by Crippen LogP contribution is 2.39. The van der Waals surface area contributed by atoms with E-state index in [1.54, 1.807) is 34.8 Å². The molecule has 14 nitrogen and oxygen atoms in total. The second kappa shape index (κ2) is 20.0. The fraction of sp³-hybridized carbons (Fsp3) is 0.190. The van der Waals surface area contributed by atoms with Crippen LogP contribution in [0.3, 0.4) is 0 Å². The van der Waals surface area contributed by atoms with E-state index < -0.39 is 0 Å². The molecular formula is C42H40I2N10O4S2. The lowest BCUT2D eigenvalue weighted by Crippen LogP contribution is -2.13. The summed E-state index contributed by atoms with van der Waals surface area (Å²) < 4.78 is 28.2. The van der Waals surface area contributed by atoms with E-state index in [4.69, 9.17) is 40.1 Å². The summed E-state index contributed by atoms with van der Waals surface area (Å²) in [6.45, 7) is 1.43. The lowest BCUT2D eigenvalue weighted by molar-refractivity contribution is 0.394. The number of aromatic amines is 1. The number of methoxy groups -OCH3 is 4. The van der Waals surface area contributed by atoms with Gasteiger partial charge in [-0.3, -0.25) is 5.41 Å². The monoisotopic (exact) mass is 1070 g/mol. The molecule has 0 aliphatic heterocycles. The smallest absolute Gasteiger partial charge is 0.175 e. The van der Waals surface area contributed by atoms with Crippen molar-refractivity contribution in [3.63, 3.8) is 0 Å². The summed E-state index contributed by atoms with van der Waals surface area (Å²) in [4.78, 5) is 27.3. The summed E-state index contributed by atoms with van der Waals surface area (Å²) in [7, 11) is 6.56. The zero-order valence-corrected chi connectivity index (χ0v) is 38.9.